The van der Waals surface area contributed by atoms with E-state index in [-0.39, 0.29) is 11.8 Å². The summed E-state index contributed by atoms with van der Waals surface area (Å²) in [4.78, 5) is 19.2. The van der Waals surface area contributed by atoms with E-state index in [2.05, 4.69) is 28.4 Å². The molecule has 0 aliphatic heterocycles. The van der Waals surface area contributed by atoms with Gasteiger partial charge in [-0.3, -0.25) is 9.78 Å². The second-order valence-electron chi connectivity index (χ2n) is 4.40. The highest BCUT2D eigenvalue weighted by Crippen LogP contribution is 2.27. The van der Waals surface area contributed by atoms with Crippen LogP contribution in [0, 0.1) is 0 Å². The molecule has 0 aromatic carbocycles. The predicted octanol–water partition coefficient (Wildman–Crippen LogP) is 2.63. The zero-order chi connectivity index (χ0) is 14.5. The van der Waals surface area contributed by atoms with Gasteiger partial charge in [0.15, 0.2) is 5.16 Å². The number of carbonyl (C=O) groups is 1. The van der Waals surface area contributed by atoms with Crippen molar-refractivity contribution in [1.29, 1.82) is 0 Å². The van der Waals surface area contributed by atoms with E-state index in [1.165, 1.54) is 11.8 Å². The number of carboxylic acid groups (broad SMARTS) is 1. The Morgan fingerprint density at radius 3 is 2.90 bits per heavy atom. The molecule has 6 heteroatoms. The average Bonchev–Trinajstić information content (AvgIpc) is 2.88. The van der Waals surface area contributed by atoms with Gasteiger partial charge < -0.3 is 9.67 Å². The molecule has 0 amide bonds. The topological polar surface area (TPSA) is 68.0 Å². The number of aryl methyl sites for hydroxylation is 1. The molecule has 2 rings (SSSR count). The molecule has 0 radical (unpaired) electrons. The molecule has 5 nitrogen and oxygen atoms in total. The summed E-state index contributed by atoms with van der Waals surface area (Å²) in [5.74, 6) is -0.823. The monoisotopic (exact) mass is 291 g/mol. The molecular weight excluding hydrogens is 274 g/mol. The van der Waals surface area contributed by atoms with Gasteiger partial charge in [-0.2, -0.15) is 0 Å². The van der Waals surface area contributed by atoms with Gasteiger partial charge in [0.05, 0.1) is 11.8 Å². The number of aromatic nitrogens is 3. The third-order valence-electron chi connectivity index (χ3n) is 3.08. The molecule has 1 N–H and O–H groups in total. The third-order valence-corrected chi connectivity index (χ3v) is 4.03. The lowest BCUT2D eigenvalue weighted by atomic mass is 10.1. The molecule has 0 saturated carbocycles. The van der Waals surface area contributed by atoms with E-state index in [0.29, 0.717) is 0 Å². The van der Waals surface area contributed by atoms with Crippen LogP contribution in [0.1, 0.15) is 31.1 Å². The van der Waals surface area contributed by atoms with Crippen LogP contribution in [0.4, 0.5) is 0 Å². The summed E-state index contributed by atoms with van der Waals surface area (Å²) in [6.07, 6.45) is 6.24. The minimum Gasteiger partial charge on any atom is -0.481 e. The van der Waals surface area contributed by atoms with Gasteiger partial charge in [-0.1, -0.05) is 24.8 Å². The Kier molecular flexibility index (Phi) is 4.79. The van der Waals surface area contributed by atoms with Crippen LogP contribution in [0.5, 0.6) is 0 Å². The van der Waals surface area contributed by atoms with Crippen molar-refractivity contribution in [3.8, 4) is 0 Å². The molecule has 0 spiro atoms. The number of thioether (sulfide) groups is 1. The van der Waals surface area contributed by atoms with E-state index in [1.54, 1.807) is 6.20 Å². The van der Waals surface area contributed by atoms with Crippen LogP contribution in [-0.4, -0.2) is 31.4 Å². The van der Waals surface area contributed by atoms with Gasteiger partial charge in [0, 0.05) is 24.3 Å². The number of hydrogen-bond donors (Lipinski definition) is 1. The van der Waals surface area contributed by atoms with E-state index in [4.69, 9.17) is 5.11 Å². The van der Waals surface area contributed by atoms with Crippen LogP contribution in [-0.2, 0) is 11.2 Å². The van der Waals surface area contributed by atoms with Crippen LogP contribution >= 0.6 is 11.8 Å². The second kappa shape index (κ2) is 6.56. The Bertz CT molecular complexity index is 583. The third kappa shape index (κ3) is 3.19. The van der Waals surface area contributed by atoms with Gasteiger partial charge in [-0.05, 0) is 25.0 Å². The molecule has 20 heavy (non-hydrogen) atoms. The first kappa shape index (κ1) is 14.6. The average molecular weight is 291 g/mol. The van der Waals surface area contributed by atoms with Gasteiger partial charge >= 0.3 is 5.97 Å². The molecule has 0 aliphatic carbocycles. The van der Waals surface area contributed by atoms with Crippen LogP contribution in [0.2, 0.25) is 0 Å². The lowest BCUT2D eigenvalue weighted by molar-refractivity contribution is -0.133. The summed E-state index contributed by atoms with van der Waals surface area (Å²) in [7, 11) is 0. The van der Waals surface area contributed by atoms with Crippen LogP contribution in [0.15, 0.2) is 35.9 Å². The first-order chi connectivity index (χ1) is 9.63. The maximum Gasteiger partial charge on any atom is 0.313 e. The molecule has 2 aromatic heterocycles. The molecule has 0 bridgehead atoms. The maximum atomic E-state index is 10.7. The molecular formula is C14H17N3O2S. The van der Waals surface area contributed by atoms with Gasteiger partial charge in [-0.25, -0.2) is 4.98 Å². The number of aliphatic carboxylic acids is 1. The van der Waals surface area contributed by atoms with E-state index >= 15 is 0 Å². The van der Waals surface area contributed by atoms with Crippen molar-refractivity contribution < 1.29 is 9.90 Å². The van der Waals surface area contributed by atoms with Crippen LogP contribution in [0.3, 0.4) is 0 Å². The summed E-state index contributed by atoms with van der Waals surface area (Å²) in [6, 6.07) is 4.00. The fourth-order valence-electron chi connectivity index (χ4n) is 2.06. The molecule has 1 unspecified atom stereocenters. The van der Waals surface area contributed by atoms with Crippen molar-refractivity contribution in [3.63, 3.8) is 0 Å². The second-order valence-corrected chi connectivity index (χ2v) is 5.34. The number of imidazole rings is 1. The Morgan fingerprint density at radius 2 is 2.30 bits per heavy atom. The molecule has 106 valence electrons. The molecule has 2 aromatic rings. The van der Waals surface area contributed by atoms with E-state index in [0.717, 1.165) is 22.8 Å². The molecule has 0 fully saturated rings. The minimum absolute atomic E-state index is 0.0138. The Labute approximate surface area is 122 Å². The fraction of sp³-hybridized carbons (Fsp3) is 0.357. The van der Waals surface area contributed by atoms with Crippen molar-refractivity contribution >= 4 is 17.7 Å². The number of rotatable bonds is 6. The number of hydrogen-bond acceptors (Lipinski definition) is 4. The van der Waals surface area contributed by atoms with E-state index in [9.17, 15) is 4.79 Å². The summed E-state index contributed by atoms with van der Waals surface area (Å²) in [5, 5.41) is 9.55. The number of carboxylic acids is 1. The fourth-order valence-corrected chi connectivity index (χ4v) is 2.85. The lowest BCUT2D eigenvalue weighted by Gasteiger charge is -2.18. The number of nitrogens with zero attached hydrogens (tertiary/aromatic N) is 3. The van der Waals surface area contributed by atoms with Gasteiger partial charge in [0.25, 0.3) is 0 Å². The highest BCUT2D eigenvalue weighted by Gasteiger charge is 2.17. The lowest BCUT2D eigenvalue weighted by Crippen LogP contribution is -2.12. The quantitative estimate of drug-likeness (QED) is 0.829. The van der Waals surface area contributed by atoms with E-state index in [1.807, 2.05) is 24.5 Å². The Balaban J connectivity index is 2.33. The highest BCUT2D eigenvalue weighted by atomic mass is 32.2. The zero-order valence-corrected chi connectivity index (χ0v) is 12.3. The smallest absolute Gasteiger partial charge is 0.313 e. The number of pyridine rings is 1. The SMILES string of the molecule is CCc1cnc(SCC(=O)O)n1C(C)c1cccnc1. The van der Waals surface area contributed by atoms with Gasteiger partial charge in [0.2, 0.25) is 0 Å². The zero-order valence-electron chi connectivity index (χ0n) is 11.5. The summed E-state index contributed by atoms with van der Waals surface area (Å²) in [5.41, 5.74) is 2.17. The molecule has 2 heterocycles. The van der Waals surface area contributed by atoms with Crippen molar-refractivity contribution in [2.24, 2.45) is 0 Å². The molecule has 0 saturated heterocycles. The van der Waals surface area contributed by atoms with Gasteiger partial charge in [0.1, 0.15) is 0 Å². The normalized spacial score (nSPS) is 12.3. The predicted molar refractivity (Wildman–Crippen MR) is 78.0 cm³/mol. The largest absolute Gasteiger partial charge is 0.481 e. The van der Waals surface area contributed by atoms with Crippen molar-refractivity contribution in [2.75, 3.05) is 5.75 Å². The van der Waals surface area contributed by atoms with Crippen molar-refractivity contribution in [3.05, 3.63) is 42.0 Å². The highest BCUT2D eigenvalue weighted by molar-refractivity contribution is 7.99. The van der Waals surface area contributed by atoms with Crippen LogP contribution < -0.4 is 0 Å². The first-order valence-electron chi connectivity index (χ1n) is 6.44. The summed E-state index contributed by atoms with van der Waals surface area (Å²) in [6.45, 7) is 4.14. The van der Waals surface area contributed by atoms with Crippen molar-refractivity contribution in [2.45, 2.75) is 31.5 Å². The Morgan fingerprint density at radius 1 is 1.50 bits per heavy atom. The molecule has 0 aliphatic rings. The van der Waals surface area contributed by atoms with E-state index < -0.39 is 5.97 Å². The Hall–Kier alpha value is -1.82. The summed E-state index contributed by atoms with van der Waals surface area (Å²) < 4.78 is 2.09. The minimum atomic E-state index is -0.836. The summed E-state index contributed by atoms with van der Waals surface area (Å²) >= 11 is 1.25. The van der Waals surface area contributed by atoms with Gasteiger partial charge in [-0.15, -0.1) is 0 Å². The maximum absolute atomic E-state index is 10.7. The first-order valence-corrected chi connectivity index (χ1v) is 7.42. The van der Waals surface area contributed by atoms with Crippen LogP contribution in [0.25, 0.3) is 0 Å². The molecule has 1 atom stereocenters. The standard InChI is InChI=1S/C14H17N3O2S/c1-3-12-8-16-14(20-9-13(18)19)17(12)10(2)11-5-4-6-15-7-11/h4-8,10H,3,9H2,1-2H3,(H,18,19). The van der Waals surface area contributed by atoms with Crippen molar-refractivity contribution in [1.82, 2.24) is 14.5 Å².